The van der Waals surface area contributed by atoms with Crippen LogP contribution >= 0.6 is 0 Å². The van der Waals surface area contributed by atoms with Crippen LogP contribution in [0.1, 0.15) is 19.0 Å². The van der Waals surface area contributed by atoms with Crippen molar-refractivity contribution in [3.8, 4) is 11.8 Å². The predicted molar refractivity (Wildman–Crippen MR) is 72.5 cm³/mol. The summed E-state index contributed by atoms with van der Waals surface area (Å²) in [6.07, 6.45) is 0.377. The lowest BCUT2D eigenvalue weighted by Crippen LogP contribution is -2.18. The Labute approximate surface area is 113 Å². The van der Waals surface area contributed by atoms with Crippen molar-refractivity contribution in [1.82, 2.24) is 4.98 Å². The molecule has 0 saturated heterocycles. The fourth-order valence-corrected chi connectivity index (χ4v) is 1.56. The Bertz CT molecular complexity index is 477. The van der Waals surface area contributed by atoms with Gasteiger partial charge in [-0.2, -0.15) is 0 Å². The third-order valence-electron chi connectivity index (χ3n) is 2.30. The van der Waals surface area contributed by atoms with Crippen LogP contribution in [0.2, 0.25) is 0 Å². The van der Waals surface area contributed by atoms with Gasteiger partial charge >= 0.3 is 0 Å². The molecule has 5 nitrogen and oxygen atoms in total. The van der Waals surface area contributed by atoms with Crippen molar-refractivity contribution in [2.75, 3.05) is 25.6 Å². The van der Waals surface area contributed by atoms with E-state index in [0.717, 1.165) is 0 Å². The summed E-state index contributed by atoms with van der Waals surface area (Å²) in [5.74, 6) is 5.70. The molecule has 0 aliphatic heterocycles. The summed E-state index contributed by atoms with van der Waals surface area (Å²) in [4.78, 5) is 15.9. The maximum Gasteiger partial charge on any atom is 0.225 e. The highest BCUT2D eigenvalue weighted by Gasteiger charge is 2.09. The lowest BCUT2D eigenvalue weighted by molar-refractivity contribution is -0.117. The largest absolute Gasteiger partial charge is 0.384 e. The van der Waals surface area contributed by atoms with Gasteiger partial charge in [0.05, 0.1) is 0 Å². The van der Waals surface area contributed by atoms with E-state index in [0.29, 0.717) is 24.5 Å². The molecule has 1 aromatic rings. The van der Waals surface area contributed by atoms with Gasteiger partial charge in [-0.25, -0.2) is 4.98 Å². The average molecular weight is 262 g/mol. The Morgan fingerprint density at radius 1 is 1.58 bits per heavy atom. The van der Waals surface area contributed by atoms with E-state index in [-0.39, 0.29) is 18.4 Å². The van der Waals surface area contributed by atoms with E-state index < -0.39 is 0 Å². The van der Waals surface area contributed by atoms with E-state index in [2.05, 4.69) is 22.1 Å². The van der Waals surface area contributed by atoms with Crippen molar-refractivity contribution in [2.45, 2.75) is 13.3 Å². The lowest BCUT2D eigenvalue weighted by atomic mass is 10.1. The summed E-state index contributed by atoms with van der Waals surface area (Å²) in [6.45, 7) is 2.27. The van der Waals surface area contributed by atoms with E-state index in [1.807, 2.05) is 6.92 Å². The van der Waals surface area contributed by atoms with E-state index in [1.165, 1.54) is 0 Å². The molecule has 1 rings (SSSR count). The average Bonchev–Trinajstić information content (AvgIpc) is 2.36. The van der Waals surface area contributed by atoms with Gasteiger partial charge < -0.3 is 15.2 Å². The van der Waals surface area contributed by atoms with Gasteiger partial charge in [-0.1, -0.05) is 18.9 Å². The Morgan fingerprint density at radius 2 is 2.37 bits per heavy atom. The van der Waals surface area contributed by atoms with Crippen molar-refractivity contribution >= 4 is 11.7 Å². The van der Waals surface area contributed by atoms with Gasteiger partial charge in [0.1, 0.15) is 18.1 Å². The summed E-state index contributed by atoms with van der Waals surface area (Å²) < 4.78 is 4.98. The highest BCUT2D eigenvalue weighted by molar-refractivity contribution is 5.89. The summed E-state index contributed by atoms with van der Waals surface area (Å²) >= 11 is 0. The Balaban J connectivity index is 2.59. The number of pyridine rings is 1. The molecule has 1 heterocycles. The number of nitrogens with zero attached hydrogens (tertiary/aromatic N) is 1. The molecule has 1 amide bonds. The molecule has 102 valence electrons. The third kappa shape index (κ3) is 6.00. The first-order valence-corrected chi connectivity index (χ1v) is 6.01. The number of hydrogen-bond donors (Lipinski definition) is 2. The minimum absolute atomic E-state index is 0.107. The first kappa shape index (κ1) is 15.2. The molecule has 0 aromatic carbocycles. The second-order valence-electron chi connectivity index (χ2n) is 4.18. The number of aliphatic hydroxyl groups excluding tert-OH is 1. The highest BCUT2D eigenvalue weighted by Crippen LogP contribution is 2.07. The molecule has 0 spiro atoms. The molecule has 0 aliphatic rings. The van der Waals surface area contributed by atoms with Gasteiger partial charge in [-0.15, -0.1) is 0 Å². The molecule has 1 aromatic heterocycles. The van der Waals surface area contributed by atoms with E-state index >= 15 is 0 Å². The fraction of sp³-hybridized carbons (Fsp3) is 0.429. The quantitative estimate of drug-likeness (QED) is 0.778. The molecule has 0 aliphatic carbocycles. The number of aliphatic hydroxyl groups is 1. The van der Waals surface area contributed by atoms with Crippen molar-refractivity contribution in [3.63, 3.8) is 0 Å². The molecule has 1 atom stereocenters. The maximum absolute atomic E-state index is 11.7. The zero-order chi connectivity index (χ0) is 14.1. The van der Waals surface area contributed by atoms with Gasteiger partial charge in [-0.3, -0.25) is 4.79 Å². The van der Waals surface area contributed by atoms with Gasteiger partial charge in [0, 0.05) is 20.1 Å². The first-order chi connectivity index (χ1) is 9.15. The van der Waals surface area contributed by atoms with Gasteiger partial charge in [0.15, 0.2) is 0 Å². The lowest BCUT2D eigenvalue weighted by Gasteiger charge is -2.10. The number of nitrogens with one attached hydrogen (secondary N) is 1. The number of methoxy groups -OCH3 is 1. The summed E-state index contributed by atoms with van der Waals surface area (Å²) in [7, 11) is 1.61. The second kappa shape index (κ2) is 8.25. The minimum Gasteiger partial charge on any atom is -0.384 e. The normalized spacial score (nSPS) is 11.3. The molecular formula is C14H18N2O3. The zero-order valence-electron chi connectivity index (χ0n) is 11.1. The number of amides is 1. The molecule has 0 radical (unpaired) electrons. The molecule has 19 heavy (non-hydrogen) atoms. The van der Waals surface area contributed by atoms with E-state index in [9.17, 15) is 4.79 Å². The molecule has 0 bridgehead atoms. The summed E-state index contributed by atoms with van der Waals surface area (Å²) in [6, 6.07) is 5.16. The number of aromatic nitrogens is 1. The minimum atomic E-state index is -0.215. The number of rotatable bonds is 5. The van der Waals surface area contributed by atoms with Crippen LogP contribution in [0.4, 0.5) is 5.82 Å². The number of anilines is 1. The Hall–Kier alpha value is -1.90. The molecular weight excluding hydrogens is 244 g/mol. The van der Waals surface area contributed by atoms with Crippen LogP contribution in [0, 0.1) is 17.8 Å². The molecule has 2 N–H and O–H groups in total. The topological polar surface area (TPSA) is 71.5 Å². The van der Waals surface area contributed by atoms with Crippen LogP contribution in [0.15, 0.2) is 18.2 Å². The van der Waals surface area contributed by atoms with Crippen molar-refractivity contribution in [2.24, 2.45) is 5.92 Å². The van der Waals surface area contributed by atoms with Gasteiger partial charge in [-0.05, 0) is 24.0 Å². The molecule has 1 unspecified atom stereocenters. The maximum atomic E-state index is 11.7. The second-order valence-corrected chi connectivity index (χ2v) is 4.18. The number of hydrogen-bond acceptors (Lipinski definition) is 4. The van der Waals surface area contributed by atoms with Gasteiger partial charge in [0.25, 0.3) is 0 Å². The Kier molecular flexibility index (Phi) is 6.58. The zero-order valence-corrected chi connectivity index (χ0v) is 11.1. The highest BCUT2D eigenvalue weighted by atomic mass is 16.5. The summed E-state index contributed by atoms with van der Waals surface area (Å²) in [5.41, 5.74) is 0.511. The third-order valence-corrected chi connectivity index (χ3v) is 2.30. The number of carbonyl (C=O) groups excluding carboxylic acids is 1. The number of carbonyl (C=O) groups is 1. The van der Waals surface area contributed by atoms with Crippen LogP contribution in [-0.4, -0.2) is 36.3 Å². The van der Waals surface area contributed by atoms with Crippen molar-refractivity contribution in [1.29, 1.82) is 0 Å². The van der Waals surface area contributed by atoms with Crippen molar-refractivity contribution in [3.05, 3.63) is 23.9 Å². The smallest absolute Gasteiger partial charge is 0.225 e. The summed E-state index contributed by atoms with van der Waals surface area (Å²) in [5, 5.41) is 11.3. The number of ether oxygens (including phenoxy) is 1. The van der Waals surface area contributed by atoms with Crippen LogP contribution in [0.25, 0.3) is 0 Å². The van der Waals surface area contributed by atoms with Crippen LogP contribution in [0.5, 0.6) is 0 Å². The van der Waals surface area contributed by atoms with Crippen LogP contribution < -0.4 is 5.32 Å². The van der Waals surface area contributed by atoms with Crippen LogP contribution in [-0.2, 0) is 9.53 Å². The predicted octanol–water partition coefficient (Wildman–Crippen LogP) is 1.04. The fourth-order valence-electron chi connectivity index (χ4n) is 1.56. The molecule has 5 heteroatoms. The van der Waals surface area contributed by atoms with E-state index in [4.69, 9.17) is 9.84 Å². The Morgan fingerprint density at radius 3 is 3.05 bits per heavy atom. The first-order valence-electron chi connectivity index (χ1n) is 6.01. The van der Waals surface area contributed by atoms with E-state index in [1.54, 1.807) is 25.3 Å². The molecule has 0 saturated carbocycles. The monoisotopic (exact) mass is 262 g/mol. The van der Waals surface area contributed by atoms with Crippen molar-refractivity contribution < 1.29 is 14.6 Å². The van der Waals surface area contributed by atoms with Gasteiger partial charge in [0.2, 0.25) is 5.91 Å². The SMILES string of the molecule is COCC(C)CC(=O)Nc1cccc(C#CCO)n1. The standard InChI is InChI=1S/C14H18N2O3/c1-11(10-19-2)9-14(18)16-13-7-3-5-12(15-13)6-4-8-17/h3,5,7,11,17H,8-10H2,1-2H3,(H,15,16,18). The van der Waals surface area contributed by atoms with Crippen LogP contribution in [0.3, 0.4) is 0 Å². The molecule has 0 fully saturated rings.